The van der Waals surface area contributed by atoms with Crippen LogP contribution in [0.5, 0.6) is 0 Å². The molecule has 27 heavy (non-hydrogen) atoms. The van der Waals surface area contributed by atoms with E-state index in [1.165, 1.54) is 0 Å². The lowest BCUT2D eigenvalue weighted by atomic mass is 9.50. The third-order valence-corrected chi connectivity index (χ3v) is 8.83. The van der Waals surface area contributed by atoms with Crippen LogP contribution in [0, 0.1) is 23.2 Å². The van der Waals surface area contributed by atoms with E-state index in [0.717, 1.165) is 38.5 Å². The van der Waals surface area contributed by atoms with Gasteiger partial charge in [0.15, 0.2) is 0 Å². The molecule has 0 heterocycles. The van der Waals surface area contributed by atoms with Crippen molar-refractivity contribution in [1.82, 2.24) is 4.13 Å². The lowest BCUT2D eigenvalue weighted by Crippen LogP contribution is -2.49. The summed E-state index contributed by atoms with van der Waals surface area (Å²) in [5, 5.41) is 0. The Hall–Kier alpha value is -0.950. The first-order valence-corrected chi connectivity index (χ1v) is 11.4. The number of rotatable bonds is 6. The summed E-state index contributed by atoms with van der Waals surface area (Å²) in [5.41, 5.74) is -9.91. The minimum absolute atomic E-state index is 0.191. The molecular formula is C14H19F4NO6S2. The molecule has 0 aromatic rings. The number of nitrogens with one attached hydrogen (secondary N) is 1. The molecule has 4 aliphatic rings. The zero-order valence-corrected chi connectivity index (χ0v) is 15.7. The summed E-state index contributed by atoms with van der Waals surface area (Å²) < 4.78 is 100. The van der Waals surface area contributed by atoms with Crippen LogP contribution in [0.2, 0.25) is 0 Å². The smallest absolute Gasteiger partial charge is 0.462 e. The van der Waals surface area contributed by atoms with E-state index in [1.807, 2.05) is 0 Å². The molecule has 4 aliphatic carbocycles. The van der Waals surface area contributed by atoms with Gasteiger partial charge in [0, 0.05) is 5.41 Å². The summed E-state index contributed by atoms with van der Waals surface area (Å²) in [5.74, 6) is -0.467. The van der Waals surface area contributed by atoms with Crippen LogP contribution < -0.4 is 4.13 Å². The Kier molecular flexibility index (Phi) is 5.04. The van der Waals surface area contributed by atoms with Gasteiger partial charge in [0.25, 0.3) is 10.0 Å². The number of hydrogen-bond acceptors (Lipinski definition) is 6. The lowest BCUT2D eigenvalue weighted by molar-refractivity contribution is -0.158. The Balaban J connectivity index is 1.62. The van der Waals surface area contributed by atoms with Crippen molar-refractivity contribution in [3.05, 3.63) is 0 Å². The summed E-state index contributed by atoms with van der Waals surface area (Å²) in [4.78, 5) is 11.7. The Morgan fingerprint density at radius 2 is 1.48 bits per heavy atom. The SMILES string of the molecule is O=C(OCC12CC3CC(CC(C3)C1)C2)C(F)S(=O)(=O)NS(=O)(=O)C(F)(F)F. The van der Waals surface area contributed by atoms with Gasteiger partial charge in [0.1, 0.15) is 0 Å². The van der Waals surface area contributed by atoms with Crippen LogP contribution in [-0.2, 0) is 29.6 Å². The highest BCUT2D eigenvalue weighted by atomic mass is 32.3. The average Bonchev–Trinajstić information content (AvgIpc) is 2.48. The average molecular weight is 437 g/mol. The molecule has 0 spiro atoms. The van der Waals surface area contributed by atoms with E-state index in [1.54, 1.807) is 0 Å². The van der Waals surface area contributed by atoms with Crippen LogP contribution >= 0.6 is 0 Å². The van der Waals surface area contributed by atoms with Crippen molar-refractivity contribution in [3.63, 3.8) is 0 Å². The Morgan fingerprint density at radius 3 is 1.89 bits per heavy atom. The molecule has 0 saturated heterocycles. The third-order valence-electron chi connectivity index (χ3n) is 5.67. The molecule has 4 bridgehead atoms. The van der Waals surface area contributed by atoms with Crippen LogP contribution in [0.25, 0.3) is 0 Å². The predicted octanol–water partition coefficient (Wildman–Crippen LogP) is 1.81. The fourth-order valence-corrected chi connectivity index (χ4v) is 7.39. The van der Waals surface area contributed by atoms with Crippen molar-refractivity contribution in [2.75, 3.05) is 6.61 Å². The maximum Gasteiger partial charge on any atom is 0.512 e. The summed E-state index contributed by atoms with van der Waals surface area (Å²) in [6.45, 7) is -0.225. The van der Waals surface area contributed by atoms with Crippen LogP contribution in [0.1, 0.15) is 38.5 Å². The van der Waals surface area contributed by atoms with E-state index < -0.39 is 37.0 Å². The van der Waals surface area contributed by atoms with Gasteiger partial charge in [-0.2, -0.15) is 13.2 Å². The largest absolute Gasteiger partial charge is 0.512 e. The standard InChI is InChI=1S/C14H19F4NO6S2/c15-11(26(21,22)19-27(23,24)14(16,17)18)12(20)25-7-13-4-8-1-9(5-13)3-10(2-8)6-13/h8-11,19H,1-7H2. The monoisotopic (exact) mass is 437 g/mol. The number of esters is 1. The number of carbonyl (C=O) groups excluding carboxylic acids is 1. The van der Waals surface area contributed by atoms with Crippen molar-refractivity contribution in [2.24, 2.45) is 23.2 Å². The fourth-order valence-electron chi connectivity index (χ4n) is 5.13. The number of carbonyl (C=O) groups is 1. The Labute approximate surface area is 153 Å². The van der Waals surface area contributed by atoms with Crippen LogP contribution in [0.4, 0.5) is 17.6 Å². The first-order valence-electron chi connectivity index (χ1n) is 8.37. The summed E-state index contributed by atoms with van der Waals surface area (Å²) in [6.07, 6.45) is 5.59. The first-order chi connectivity index (χ1) is 12.2. The van der Waals surface area contributed by atoms with Crippen molar-refractivity contribution >= 4 is 26.0 Å². The first kappa shape index (κ1) is 20.8. The number of sulfonamides is 2. The molecule has 1 N–H and O–H groups in total. The van der Waals surface area contributed by atoms with E-state index in [0.29, 0.717) is 17.8 Å². The second-order valence-electron chi connectivity index (χ2n) is 7.92. The minimum Gasteiger partial charge on any atom is -0.462 e. The zero-order valence-electron chi connectivity index (χ0n) is 14.0. The highest BCUT2D eigenvalue weighted by molar-refractivity contribution is 8.05. The van der Waals surface area contributed by atoms with Crippen molar-refractivity contribution in [1.29, 1.82) is 0 Å². The molecule has 4 rings (SSSR count). The molecule has 13 heteroatoms. The lowest BCUT2D eigenvalue weighted by Gasteiger charge is -2.56. The topological polar surface area (TPSA) is 107 Å². The van der Waals surface area contributed by atoms with Gasteiger partial charge in [-0.15, -0.1) is 0 Å². The molecule has 0 aliphatic heterocycles. The van der Waals surface area contributed by atoms with Crippen molar-refractivity contribution in [2.45, 2.75) is 49.5 Å². The van der Waals surface area contributed by atoms with Crippen LogP contribution in [0.3, 0.4) is 0 Å². The van der Waals surface area contributed by atoms with Crippen LogP contribution in [0.15, 0.2) is 0 Å². The quantitative estimate of drug-likeness (QED) is 0.502. The number of halogens is 4. The highest BCUT2D eigenvalue weighted by Gasteiger charge is 2.53. The Morgan fingerprint density at radius 1 is 1.04 bits per heavy atom. The van der Waals surface area contributed by atoms with Gasteiger partial charge in [-0.25, -0.2) is 26.0 Å². The molecule has 1 atom stereocenters. The van der Waals surface area contributed by atoms with Gasteiger partial charge >= 0.3 is 27.0 Å². The van der Waals surface area contributed by atoms with E-state index >= 15 is 0 Å². The number of alkyl halides is 4. The third kappa shape index (κ3) is 4.09. The molecule has 4 fully saturated rings. The number of hydrogen-bond donors (Lipinski definition) is 1. The number of ether oxygens (including phenoxy) is 1. The highest BCUT2D eigenvalue weighted by Crippen LogP contribution is 2.60. The van der Waals surface area contributed by atoms with Gasteiger partial charge in [-0.05, 0) is 56.3 Å². The maximum absolute atomic E-state index is 13.9. The molecule has 0 aromatic heterocycles. The summed E-state index contributed by atoms with van der Waals surface area (Å²) in [6, 6.07) is 0. The van der Waals surface area contributed by atoms with Crippen molar-refractivity contribution in [3.8, 4) is 0 Å². The maximum atomic E-state index is 13.9. The second kappa shape index (κ2) is 6.55. The van der Waals surface area contributed by atoms with E-state index in [4.69, 9.17) is 4.74 Å². The second-order valence-corrected chi connectivity index (χ2v) is 11.6. The summed E-state index contributed by atoms with van der Waals surface area (Å²) in [7, 11) is -12.1. The van der Waals surface area contributed by atoms with Gasteiger partial charge in [0.2, 0.25) is 0 Å². The predicted molar refractivity (Wildman–Crippen MR) is 83.5 cm³/mol. The molecule has 0 aromatic carbocycles. The van der Waals surface area contributed by atoms with E-state index in [2.05, 4.69) is 0 Å². The van der Waals surface area contributed by atoms with Gasteiger partial charge in [0.05, 0.1) is 6.61 Å². The Bertz CT molecular complexity index is 788. The van der Waals surface area contributed by atoms with Gasteiger partial charge < -0.3 is 4.74 Å². The fraction of sp³-hybridized carbons (Fsp3) is 0.929. The van der Waals surface area contributed by atoms with Crippen LogP contribution in [-0.4, -0.2) is 40.4 Å². The van der Waals surface area contributed by atoms with E-state index in [-0.39, 0.29) is 16.1 Å². The molecule has 0 amide bonds. The molecular weight excluding hydrogens is 418 g/mol. The molecule has 156 valence electrons. The summed E-state index contributed by atoms with van der Waals surface area (Å²) >= 11 is 0. The van der Waals surface area contributed by atoms with Crippen molar-refractivity contribution < 1.29 is 43.9 Å². The molecule has 4 saturated carbocycles. The molecule has 0 radical (unpaired) electrons. The minimum atomic E-state index is -6.37. The van der Waals surface area contributed by atoms with Gasteiger partial charge in [-0.1, -0.05) is 4.13 Å². The molecule has 1 unspecified atom stereocenters. The zero-order chi connectivity index (χ0) is 20.3. The normalized spacial score (nSPS) is 34.4. The van der Waals surface area contributed by atoms with E-state index in [9.17, 15) is 39.2 Å². The molecule has 7 nitrogen and oxygen atoms in total. The van der Waals surface area contributed by atoms with Gasteiger partial charge in [-0.3, -0.25) is 0 Å².